The molecule has 0 radical (unpaired) electrons. The Morgan fingerprint density at radius 2 is 1.56 bits per heavy atom. The molecular weight excluding hydrogens is 320 g/mol. The Balaban J connectivity index is 1.95. The SMILES string of the molecule is NC(=O)CC[C@H](NC(=O)Cc1ccc(-c2ccccc2)cc1)C(=O)O. The summed E-state index contributed by atoms with van der Waals surface area (Å²) in [5.74, 6) is -2.20. The molecule has 130 valence electrons. The number of carboxylic acid groups (broad SMARTS) is 1. The van der Waals surface area contributed by atoms with E-state index in [2.05, 4.69) is 5.32 Å². The van der Waals surface area contributed by atoms with Gasteiger partial charge in [0.25, 0.3) is 0 Å². The molecule has 2 rings (SSSR count). The molecule has 0 aromatic heterocycles. The monoisotopic (exact) mass is 340 g/mol. The first-order valence-electron chi connectivity index (χ1n) is 7.90. The lowest BCUT2D eigenvalue weighted by atomic mass is 10.0. The van der Waals surface area contributed by atoms with E-state index in [-0.39, 0.29) is 19.3 Å². The molecule has 2 aromatic rings. The minimum Gasteiger partial charge on any atom is -0.480 e. The number of nitrogens with one attached hydrogen (secondary N) is 1. The van der Waals surface area contributed by atoms with Gasteiger partial charge in [-0.05, 0) is 23.1 Å². The number of carboxylic acids is 1. The highest BCUT2D eigenvalue weighted by Crippen LogP contribution is 2.19. The molecule has 2 aromatic carbocycles. The van der Waals surface area contributed by atoms with E-state index in [1.807, 2.05) is 54.6 Å². The van der Waals surface area contributed by atoms with E-state index in [4.69, 9.17) is 10.8 Å². The Morgan fingerprint density at radius 3 is 2.12 bits per heavy atom. The van der Waals surface area contributed by atoms with E-state index in [0.717, 1.165) is 16.7 Å². The normalized spacial score (nSPS) is 11.5. The van der Waals surface area contributed by atoms with Crippen LogP contribution in [0.4, 0.5) is 0 Å². The molecule has 0 heterocycles. The smallest absolute Gasteiger partial charge is 0.326 e. The molecule has 25 heavy (non-hydrogen) atoms. The van der Waals surface area contributed by atoms with Gasteiger partial charge in [0, 0.05) is 6.42 Å². The quantitative estimate of drug-likeness (QED) is 0.680. The van der Waals surface area contributed by atoms with Crippen molar-refractivity contribution in [1.82, 2.24) is 5.32 Å². The molecule has 0 saturated carbocycles. The maximum absolute atomic E-state index is 12.0. The Morgan fingerprint density at radius 1 is 0.960 bits per heavy atom. The van der Waals surface area contributed by atoms with E-state index in [0.29, 0.717) is 0 Å². The maximum Gasteiger partial charge on any atom is 0.326 e. The zero-order chi connectivity index (χ0) is 18.2. The van der Waals surface area contributed by atoms with Crippen LogP contribution in [0.5, 0.6) is 0 Å². The van der Waals surface area contributed by atoms with Gasteiger partial charge >= 0.3 is 5.97 Å². The predicted octanol–water partition coefficient (Wildman–Crippen LogP) is 1.73. The molecule has 0 aliphatic heterocycles. The average Bonchev–Trinajstić information content (AvgIpc) is 2.59. The van der Waals surface area contributed by atoms with Crippen LogP contribution in [0.15, 0.2) is 54.6 Å². The van der Waals surface area contributed by atoms with Crippen LogP contribution < -0.4 is 11.1 Å². The number of rotatable bonds is 8. The largest absolute Gasteiger partial charge is 0.480 e. The summed E-state index contributed by atoms with van der Waals surface area (Å²) in [5, 5.41) is 11.5. The van der Waals surface area contributed by atoms with Crippen LogP contribution in [0.1, 0.15) is 18.4 Å². The highest BCUT2D eigenvalue weighted by atomic mass is 16.4. The van der Waals surface area contributed by atoms with Crippen LogP contribution >= 0.6 is 0 Å². The molecule has 6 nitrogen and oxygen atoms in total. The van der Waals surface area contributed by atoms with Crippen LogP contribution in [0.2, 0.25) is 0 Å². The van der Waals surface area contributed by atoms with Gasteiger partial charge in [0.2, 0.25) is 11.8 Å². The summed E-state index contributed by atoms with van der Waals surface area (Å²) in [6, 6.07) is 16.2. The van der Waals surface area contributed by atoms with Gasteiger partial charge in [-0.3, -0.25) is 9.59 Å². The Labute approximate surface area is 145 Å². The van der Waals surface area contributed by atoms with Crippen LogP contribution in [0.3, 0.4) is 0 Å². The molecule has 0 saturated heterocycles. The van der Waals surface area contributed by atoms with Crippen molar-refractivity contribution < 1.29 is 19.5 Å². The van der Waals surface area contributed by atoms with E-state index in [9.17, 15) is 14.4 Å². The second-order valence-corrected chi connectivity index (χ2v) is 5.70. The molecule has 1 atom stereocenters. The Hall–Kier alpha value is -3.15. The first kappa shape index (κ1) is 18.2. The summed E-state index contributed by atoms with van der Waals surface area (Å²) < 4.78 is 0. The molecule has 0 unspecified atom stereocenters. The van der Waals surface area contributed by atoms with Gasteiger partial charge in [-0.2, -0.15) is 0 Å². The standard InChI is InChI=1S/C19H20N2O4/c20-17(22)11-10-16(19(24)25)21-18(23)12-13-6-8-15(9-7-13)14-4-2-1-3-5-14/h1-9,16H,10-12H2,(H2,20,22)(H,21,23)(H,24,25)/t16-/m0/s1. The van der Waals surface area contributed by atoms with Gasteiger partial charge < -0.3 is 16.2 Å². The van der Waals surface area contributed by atoms with Crippen molar-refractivity contribution in [2.45, 2.75) is 25.3 Å². The van der Waals surface area contributed by atoms with Crippen LogP contribution in [-0.4, -0.2) is 28.9 Å². The highest BCUT2D eigenvalue weighted by Gasteiger charge is 2.20. The Bertz CT molecular complexity index is 742. The summed E-state index contributed by atoms with van der Waals surface area (Å²) in [7, 11) is 0. The van der Waals surface area contributed by atoms with Gasteiger partial charge in [0.15, 0.2) is 0 Å². The molecule has 0 aliphatic rings. The molecule has 0 bridgehead atoms. The average molecular weight is 340 g/mol. The van der Waals surface area contributed by atoms with Gasteiger partial charge in [0.05, 0.1) is 6.42 Å². The molecule has 0 spiro atoms. The van der Waals surface area contributed by atoms with Crippen molar-refractivity contribution in [3.8, 4) is 11.1 Å². The Kier molecular flexibility index (Phi) is 6.28. The van der Waals surface area contributed by atoms with E-state index in [1.165, 1.54) is 0 Å². The van der Waals surface area contributed by atoms with Crippen molar-refractivity contribution in [1.29, 1.82) is 0 Å². The number of hydrogen-bond donors (Lipinski definition) is 3. The predicted molar refractivity (Wildman–Crippen MR) is 93.6 cm³/mol. The number of amides is 2. The van der Waals surface area contributed by atoms with Gasteiger partial charge in [-0.25, -0.2) is 4.79 Å². The summed E-state index contributed by atoms with van der Waals surface area (Å²) in [6.07, 6.45) is -0.0538. The molecular formula is C19H20N2O4. The third-order valence-electron chi connectivity index (χ3n) is 3.74. The zero-order valence-corrected chi connectivity index (χ0v) is 13.6. The van der Waals surface area contributed by atoms with Crippen molar-refractivity contribution in [2.75, 3.05) is 0 Å². The maximum atomic E-state index is 12.0. The second kappa shape index (κ2) is 8.63. The lowest BCUT2D eigenvalue weighted by Crippen LogP contribution is -2.42. The summed E-state index contributed by atoms with van der Waals surface area (Å²) in [5.41, 5.74) is 7.90. The minimum atomic E-state index is -1.19. The van der Waals surface area contributed by atoms with Gasteiger partial charge in [0.1, 0.15) is 6.04 Å². The lowest BCUT2D eigenvalue weighted by molar-refractivity contribution is -0.142. The van der Waals surface area contributed by atoms with Crippen LogP contribution in [0, 0.1) is 0 Å². The van der Waals surface area contributed by atoms with E-state index >= 15 is 0 Å². The third kappa shape index (κ3) is 5.76. The number of carbonyl (C=O) groups is 3. The van der Waals surface area contributed by atoms with Crippen LogP contribution in [0.25, 0.3) is 11.1 Å². The lowest BCUT2D eigenvalue weighted by Gasteiger charge is -2.13. The fraction of sp³-hybridized carbons (Fsp3) is 0.211. The molecule has 0 fully saturated rings. The van der Waals surface area contributed by atoms with Gasteiger partial charge in [-0.15, -0.1) is 0 Å². The number of aliphatic carboxylic acids is 1. The topological polar surface area (TPSA) is 109 Å². The molecule has 6 heteroatoms. The van der Waals surface area contributed by atoms with Crippen LogP contribution in [-0.2, 0) is 20.8 Å². The number of hydrogen-bond acceptors (Lipinski definition) is 3. The molecule has 2 amide bonds. The van der Waals surface area contributed by atoms with Crippen molar-refractivity contribution >= 4 is 17.8 Å². The van der Waals surface area contributed by atoms with E-state index in [1.54, 1.807) is 0 Å². The van der Waals surface area contributed by atoms with Gasteiger partial charge in [-0.1, -0.05) is 54.6 Å². The number of carbonyl (C=O) groups excluding carboxylic acids is 2. The third-order valence-corrected chi connectivity index (χ3v) is 3.74. The molecule has 4 N–H and O–H groups in total. The van der Waals surface area contributed by atoms with Crippen molar-refractivity contribution in [3.63, 3.8) is 0 Å². The first-order chi connectivity index (χ1) is 12.0. The summed E-state index contributed by atoms with van der Waals surface area (Å²) in [4.78, 5) is 33.9. The summed E-state index contributed by atoms with van der Waals surface area (Å²) in [6.45, 7) is 0. The first-order valence-corrected chi connectivity index (χ1v) is 7.90. The summed E-state index contributed by atoms with van der Waals surface area (Å²) >= 11 is 0. The fourth-order valence-corrected chi connectivity index (χ4v) is 2.42. The van der Waals surface area contributed by atoms with Crippen molar-refractivity contribution in [2.24, 2.45) is 5.73 Å². The van der Waals surface area contributed by atoms with Crippen molar-refractivity contribution in [3.05, 3.63) is 60.2 Å². The minimum absolute atomic E-state index is 0.0245. The molecule has 0 aliphatic carbocycles. The van der Waals surface area contributed by atoms with E-state index < -0.39 is 23.8 Å². The number of nitrogens with two attached hydrogens (primary N) is 1. The highest BCUT2D eigenvalue weighted by molar-refractivity contribution is 5.85. The number of primary amides is 1. The number of benzene rings is 2. The second-order valence-electron chi connectivity index (χ2n) is 5.70. The fourth-order valence-electron chi connectivity index (χ4n) is 2.42. The zero-order valence-electron chi connectivity index (χ0n) is 13.6.